The van der Waals surface area contributed by atoms with Gasteiger partial charge in [0.25, 0.3) is 0 Å². The summed E-state index contributed by atoms with van der Waals surface area (Å²) in [5.74, 6) is 1.06. The Labute approximate surface area is 90.1 Å². The number of nitrogens with one attached hydrogen (secondary N) is 1. The van der Waals surface area contributed by atoms with Gasteiger partial charge in [0, 0.05) is 11.8 Å². The molecule has 4 nitrogen and oxygen atoms in total. The van der Waals surface area contributed by atoms with Crippen LogP contribution in [0, 0.1) is 6.92 Å². The highest BCUT2D eigenvalue weighted by atomic mass is 32.2. The number of rotatable bonds is 3. The Hall–Kier alpha value is -1.36. The van der Waals surface area contributed by atoms with E-state index in [1.54, 1.807) is 7.11 Å². The third kappa shape index (κ3) is 1.87. The van der Waals surface area contributed by atoms with Gasteiger partial charge in [0.05, 0.1) is 28.9 Å². The molecule has 0 aliphatic carbocycles. The van der Waals surface area contributed by atoms with E-state index < -0.39 is 10.8 Å². The van der Waals surface area contributed by atoms with Gasteiger partial charge >= 0.3 is 0 Å². The highest BCUT2D eigenvalue weighted by Gasteiger charge is 2.08. The molecule has 0 aliphatic rings. The van der Waals surface area contributed by atoms with Crippen LogP contribution in [-0.2, 0) is 10.8 Å². The highest BCUT2D eigenvalue weighted by molar-refractivity contribution is 7.84. The van der Waals surface area contributed by atoms with Crippen molar-refractivity contribution in [1.29, 1.82) is 0 Å². The maximum atomic E-state index is 11.5. The number of hydrogen-bond acceptors (Lipinski definition) is 3. The van der Waals surface area contributed by atoms with E-state index in [1.807, 2.05) is 18.2 Å². The Morgan fingerprint density at radius 2 is 2.40 bits per heavy atom. The summed E-state index contributed by atoms with van der Waals surface area (Å²) in [5, 5.41) is 0.466. The second kappa shape index (κ2) is 4.02. The molecule has 0 aliphatic heterocycles. The summed E-state index contributed by atoms with van der Waals surface area (Å²) in [6.45, 7) is 3.58. The standard InChI is InChI=1S/C10H11N2O2S/c1-3-15(13)10-11-8-5-4-7(14-2)6-9(8)12-10/h4-6H,1,3H2,2H3,(H,11,12). The largest absolute Gasteiger partial charge is 0.497 e. The molecule has 1 unspecified atom stereocenters. The molecule has 1 aromatic heterocycles. The number of imidazole rings is 1. The van der Waals surface area contributed by atoms with Gasteiger partial charge in [-0.15, -0.1) is 0 Å². The zero-order valence-electron chi connectivity index (χ0n) is 8.32. The van der Waals surface area contributed by atoms with Crippen molar-refractivity contribution in [3.63, 3.8) is 0 Å². The molecule has 1 radical (unpaired) electrons. The Kier molecular flexibility index (Phi) is 2.73. The van der Waals surface area contributed by atoms with Crippen LogP contribution in [0.1, 0.15) is 0 Å². The summed E-state index contributed by atoms with van der Waals surface area (Å²) >= 11 is 0. The first-order valence-corrected chi connectivity index (χ1v) is 5.78. The van der Waals surface area contributed by atoms with Crippen LogP contribution < -0.4 is 4.74 Å². The SMILES string of the molecule is [CH2]CS(=O)c1nc2ccc(OC)cc2[nH]1. The van der Waals surface area contributed by atoms with Crippen LogP contribution in [0.5, 0.6) is 5.75 Å². The molecule has 0 saturated carbocycles. The summed E-state index contributed by atoms with van der Waals surface area (Å²) in [5.41, 5.74) is 1.61. The van der Waals surface area contributed by atoms with E-state index in [-0.39, 0.29) is 0 Å². The quantitative estimate of drug-likeness (QED) is 0.858. The first-order valence-electron chi connectivity index (χ1n) is 4.46. The summed E-state index contributed by atoms with van der Waals surface area (Å²) in [6, 6.07) is 5.47. The van der Waals surface area contributed by atoms with Crippen molar-refractivity contribution in [3.8, 4) is 5.75 Å². The zero-order valence-corrected chi connectivity index (χ0v) is 9.13. The van der Waals surface area contributed by atoms with Crippen LogP contribution in [0.2, 0.25) is 0 Å². The first kappa shape index (κ1) is 10.2. The number of benzene rings is 1. The molecular weight excluding hydrogens is 212 g/mol. The van der Waals surface area contributed by atoms with Gasteiger partial charge in [-0.1, -0.05) is 0 Å². The third-order valence-corrected chi connectivity index (χ3v) is 3.06. The molecular formula is C10H11N2O2S. The van der Waals surface area contributed by atoms with Gasteiger partial charge in [-0.3, -0.25) is 4.21 Å². The smallest absolute Gasteiger partial charge is 0.197 e. The van der Waals surface area contributed by atoms with E-state index in [4.69, 9.17) is 4.74 Å². The van der Waals surface area contributed by atoms with E-state index >= 15 is 0 Å². The lowest BCUT2D eigenvalue weighted by Crippen LogP contribution is -1.95. The molecule has 0 bridgehead atoms. The molecule has 1 atom stereocenters. The summed E-state index contributed by atoms with van der Waals surface area (Å²) in [4.78, 5) is 7.20. The van der Waals surface area contributed by atoms with Crippen LogP contribution in [-0.4, -0.2) is 27.0 Å². The molecule has 0 saturated heterocycles. The van der Waals surface area contributed by atoms with Gasteiger partial charge < -0.3 is 9.72 Å². The number of hydrogen-bond donors (Lipinski definition) is 1. The van der Waals surface area contributed by atoms with Gasteiger partial charge in [0.2, 0.25) is 0 Å². The molecule has 0 amide bonds. The number of aromatic amines is 1. The lowest BCUT2D eigenvalue weighted by molar-refractivity contribution is 0.415. The zero-order chi connectivity index (χ0) is 10.8. The Morgan fingerprint density at radius 1 is 1.60 bits per heavy atom. The van der Waals surface area contributed by atoms with Crippen molar-refractivity contribution in [2.45, 2.75) is 5.16 Å². The fourth-order valence-electron chi connectivity index (χ4n) is 1.30. The van der Waals surface area contributed by atoms with Crippen molar-refractivity contribution in [3.05, 3.63) is 25.1 Å². The normalized spacial score (nSPS) is 12.9. The molecule has 5 heteroatoms. The monoisotopic (exact) mass is 223 g/mol. The van der Waals surface area contributed by atoms with Gasteiger partial charge in [-0.25, -0.2) is 4.98 Å². The average Bonchev–Trinajstić information content (AvgIpc) is 2.70. The second-order valence-electron chi connectivity index (χ2n) is 2.97. The van der Waals surface area contributed by atoms with Gasteiger partial charge in [0.15, 0.2) is 5.16 Å². The maximum absolute atomic E-state index is 11.5. The average molecular weight is 223 g/mol. The molecule has 1 aromatic carbocycles. The fourth-order valence-corrected chi connectivity index (χ4v) is 1.91. The molecule has 1 N–H and O–H groups in total. The first-order chi connectivity index (χ1) is 7.24. The Morgan fingerprint density at radius 3 is 3.07 bits per heavy atom. The Bertz CT molecular complexity index is 507. The van der Waals surface area contributed by atoms with E-state index in [0.717, 1.165) is 16.8 Å². The topological polar surface area (TPSA) is 55.0 Å². The minimum Gasteiger partial charge on any atom is -0.497 e. The van der Waals surface area contributed by atoms with Gasteiger partial charge in [-0.05, 0) is 19.1 Å². The van der Waals surface area contributed by atoms with E-state index in [1.165, 1.54) is 0 Å². The number of aromatic nitrogens is 2. The van der Waals surface area contributed by atoms with Crippen molar-refractivity contribution in [1.82, 2.24) is 9.97 Å². The second-order valence-corrected chi connectivity index (χ2v) is 4.46. The Balaban J connectivity index is 2.51. The number of ether oxygens (including phenoxy) is 1. The maximum Gasteiger partial charge on any atom is 0.197 e. The number of methoxy groups -OCH3 is 1. The van der Waals surface area contributed by atoms with Crippen LogP contribution in [0.4, 0.5) is 0 Å². The van der Waals surface area contributed by atoms with Crippen LogP contribution >= 0.6 is 0 Å². The van der Waals surface area contributed by atoms with E-state index in [0.29, 0.717) is 10.9 Å². The van der Waals surface area contributed by atoms with E-state index in [9.17, 15) is 4.21 Å². The lowest BCUT2D eigenvalue weighted by Gasteiger charge is -1.96. The lowest BCUT2D eigenvalue weighted by atomic mass is 10.3. The number of fused-ring (bicyclic) bond motifs is 1. The predicted molar refractivity (Wildman–Crippen MR) is 59.3 cm³/mol. The molecule has 2 rings (SSSR count). The summed E-state index contributed by atoms with van der Waals surface area (Å²) in [7, 11) is 0.454. The molecule has 0 spiro atoms. The van der Waals surface area contributed by atoms with Crippen molar-refractivity contribution in [2.24, 2.45) is 0 Å². The molecule has 1 heterocycles. The highest BCUT2D eigenvalue weighted by Crippen LogP contribution is 2.19. The van der Waals surface area contributed by atoms with Crippen molar-refractivity contribution < 1.29 is 8.95 Å². The third-order valence-electron chi connectivity index (χ3n) is 2.07. The van der Waals surface area contributed by atoms with Crippen LogP contribution in [0.25, 0.3) is 11.0 Å². The molecule has 15 heavy (non-hydrogen) atoms. The molecule has 2 aromatic rings. The fraction of sp³-hybridized carbons (Fsp3) is 0.200. The molecule has 79 valence electrons. The number of nitrogens with zero attached hydrogens (tertiary/aromatic N) is 1. The van der Waals surface area contributed by atoms with Crippen LogP contribution in [0.3, 0.4) is 0 Å². The van der Waals surface area contributed by atoms with E-state index in [2.05, 4.69) is 16.9 Å². The number of H-pyrrole nitrogens is 1. The van der Waals surface area contributed by atoms with Crippen molar-refractivity contribution >= 4 is 21.8 Å². The minimum atomic E-state index is -1.15. The van der Waals surface area contributed by atoms with Gasteiger partial charge in [-0.2, -0.15) is 0 Å². The summed E-state index contributed by atoms with van der Waals surface area (Å²) < 4.78 is 16.5. The predicted octanol–water partition coefficient (Wildman–Crippen LogP) is 1.51. The summed E-state index contributed by atoms with van der Waals surface area (Å²) in [6.07, 6.45) is 0. The molecule has 0 fully saturated rings. The minimum absolute atomic E-state index is 0.316. The van der Waals surface area contributed by atoms with Crippen LogP contribution in [0.15, 0.2) is 23.4 Å². The van der Waals surface area contributed by atoms with Gasteiger partial charge in [0.1, 0.15) is 5.75 Å². The van der Waals surface area contributed by atoms with Crippen molar-refractivity contribution in [2.75, 3.05) is 12.9 Å².